The number of benzene rings is 1. The van der Waals surface area contributed by atoms with Gasteiger partial charge in [0.15, 0.2) is 0 Å². The highest BCUT2D eigenvalue weighted by Crippen LogP contribution is 2.25. The average molecular weight is 383 g/mol. The number of carbonyl (C=O) groups is 2. The maximum atomic E-state index is 12.5. The Morgan fingerprint density at radius 3 is 2.16 bits per heavy atom. The summed E-state index contributed by atoms with van der Waals surface area (Å²) in [5.41, 5.74) is 0.632. The van der Waals surface area contributed by atoms with Crippen LogP contribution in [0.5, 0.6) is 0 Å². The number of hydrogen-bond donors (Lipinski definition) is 0. The summed E-state index contributed by atoms with van der Waals surface area (Å²) in [5, 5.41) is 11.6. The fraction of sp³-hybridized carbons (Fsp3) is 0.400. The summed E-state index contributed by atoms with van der Waals surface area (Å²) in [6.45, 7) is 1.99. The molecule has 0 bridgehead atoms. The van der Waals surface area contributed by atoms with Crippen LogP contribution in [0.1, 0.15) is 5.56 Å². The lowest BCUT2D eigenvalue weighted by Crippen LogP contribution is -2.51. The molecular formula is C15H16Cl2N6O2. The molecule has 2 amide bonds. The molecule has 0 aliphatic carbocycles. The zero-order valence-corrected chi connectivity index (χ0v) is 14.8. The summed E-state index contributed by atoms with van der Waals surface area (Å²) in [7, 11) is 0. The number of rotatable bonds is 4. The minimum absolute atomic E-state index is 0.0532. The lowest BCUT2D eigenvalue weighted by molar-refractivity contribution is -0.139. The molecule has 1 aromatic carbocycles. The third kappa shape index (κ3) is 4.26. The Balaban J connectivity index is 1.53. The second-order valence-corrected chi connectivity index (χ2v) is 6.46. The van der Waals surface area contributed by atoms with Gasteiger partial charge in [-0.25, -0.2) is 4.68 Å². The van der Waals surface area contributed by atoms with Gasteiger partial charge in [0.1, 0.15) is 12.9 Å². The fourth-order valence-electron chi connectivity index (χ4n) is 2.66. The van der Waals surface area contributed by atoms with E-state index in [1.807, 2.05) is 0 Å². The van der Waals surface area contributed by atoms with E-state index in [2.05, 4.69) is 15.5 Å². The van der Waals surface area contributed by atoms with Gasteiger partial charge in [-0.15, -0.1) is 5.10 Å². The molecule has 0 unspecified atom stereocenters. The molecule has 0 atom stereocenters. The van der Waals surface area contributed by atoms with Crippen molar-refractivity contribution < 1.29 is 9.59 Å². The van der Waals surface area contributed by atoms with Crippen LogP contribution in [-0.4, -0.2) is 68.0 Å². The molecule has 10 heteroatoms. The SMILES string of the molecule is O=C(Cc1c(Cl)cccc1Cl)N1CCN(C(=O)Cn2cnnn2)CC1. The fourth-order valence-corrected chi connectivity index (χ4v) is 3.19. The Morgan fingerprint density at radius 1 is 1.00 bits per heavy atom. The molecule has 1 fully saturated rings. The van der Waals surface area contributed by atoms with Gasteiger partial charge in [0, 0.05) is 36.2 Å². The van der Waals surface area contributed by atoms with Crippen LogP contribution in [-0.2, 0) is 22.6 Å². The summed E-state index contributed by atoms with van der Waals surface area (Å²) < 4.78 is 1.37. The monoisotopic (exact) mass is 382 g/mol. The van der Waals surface area contributed by atoms with Crippen molar-refractivity contribution in [1.29, 1.82) is 0 Å². The summed E-state index contributed by atoms with van der Waals surface area (Å²) >= 11 is 12.2. The van der Waals surface area contributed by atoms with Crippen molar-refractivity contribution in [3.63, 3.8) is 0 Å². The molecule has 25 heavy (non-hydrogen) atoms. The smallest absolute Gasteiger partial charge is 0.244 e. The Labute approximate surface area is 154 Å². The van der Waals surface area contributed by atoms with Crippen molar-refractivity contribution in [3.05, 3.63) is 40.1 Å². The first-order valence-corrected chi connectivity index (χ1v) is 8.49. The third-order valence-electron chi connectivity index (χ3n) is 4.06. The average Bonchev–Trinajstić information content (AvgIpc) is 3.11. The van der Waals surface area contributed by atoms with Crippen LogP contribution < -0.4 is 0 Å². The number of amides is 2. The van der Waals surface area contributed by atoms with Crippen LogP contribution >= 0.6 is 23.2 Å². The predicted molar refractivity (Wildman–Crippen MR) is 91.1 cm³/mol. The Morgan fingerprint density at radius 2 is 1.60 bits per heavy atom. The molecule has 3 rings (SSSR count). The van der Waals surface area contributed by atoms with E-state index >= 15 is 0 Å². The number of aromatic nitrogens is 4. The zero-order valence-electron chi connectivity index (χ0n) is 13.3. The number of halogens is 2. The van der Waals surface area contributed by atoms with Gasteiger partial charge in [-0.1, -0.05) is 29.3 Å². The Kier molecular flexibility index (Phi) is 5.50. The first kappa shape index (κ1) is 17.6. The standard InChI is InChI=1S/C15H16Cl2N6O2/c16-12-2-1-3-13(17)11(12)8-14(24)21-4-6-22(7-5-21)15(25)9-23-10-18-19-20-23/h1-3,10H,4-9H2. The van der Waals surface area contributed by atoms with Crippen LogP contribution in [0.15, 0.2) is 24.5 Å². The van der Waals surface area contributed by atoms with Gasteiger partial charge in [0.05, 0.1) is 6.42 Å². The maximum Gasteiger partial charge on any atom is 0.244 e. The van der Waals surface area contributed by atoms with E-state index in [1.54, 1.807) is 28.0 Å². The molecule has 132 valence electrons. The van der Waals surface area contributed by atoms with Crippen molar-refractivity contribution in [2.75, 3.05) is 26.2 Å². The molecular weight excluding hydrogens is 367 g/mol. The van der Waals surface area contributed by atoms with Crippen molar-refractivity contribution in [3.8, 4) is 0 Å². The summed E-state index contributed by atoms with van der Waals surface area (Å²) in [6, 6.07) is 5.17. The maximum absolute atomic E-state index is 12.5. The molecule has 0 saturated carbocycles. The lowest BCUT2D eigenvalue weighted by atomic mass is 10.1. The van der Waals surface area contributed by atoms with Gasteiger partial charge >= 0.3 is 0 Å². The van der Waals surface area contributed by atoms with Crippen LogP contribution in [0, 0.1) is 0 Å². The van der Waals surface area contributed by atoms with Crippen molar-refractivity contribution in [2.45, 2.75) is 13.0 Å². The largest absolute Gasteiger partial charge is 0.339 e. The van der Waals surface area contributed by atoms with Crippen molar-refractivity contribution >= 4 is 35.0 Å². The summed E-state index contributed by atoms with van der Waals surface area (Å²) in [5.74, 6) is -0.129. The molecule has 1 aliphatic heterocycles. The van der Waals surface area contributed by atoms with E-state index in [-0.39, 0.29) is 24.8 Å². The summed E-state index contributed by atoms with van der Waals surface area (Å²) in [4.78, 5) is 28.1. The highest BCUT2D eigenvalue weighted by Gasteiger charge is 2.25. The highest BCUT2D eigenvalue weighted by molar-refractivity contribution is 6.36. The van der Waals surface area contributed by atoms with Gasteiger partial charge in [0.2, 0.25) is 11.8 Å². The first-order chi connectivity index (χ1) is 12.0. The Hall–Kier alpha value is -2.19. The quantitative estimate of drug-likeness (QED) is 0.783. The van der Waals surface area contributed by atoms with E-state index in [0.29, 0.717) is 41.8 Å². The molecule has 0 N–H and O–H groups in total. The van der Waals surface area contributed by atoms with Gasteiger partial charge in [-0.3, -0.25) is 9.59 Å². The normalized spacial score (nSPS) is 14.6. The topological polar surface area (TPSA) is 84.2 Å². The molecule has 1 aromatic heterocycles. The number of piperazine rings is 1. The Bertz CT molecular complexity index is 739. The molecule has 2 heterocycles. The molecule has 1 aliphatic rings. The predicted octanol–water partition coefficient (Wildman–Crippen LogP) is 0.893. The van der Waals surface area contributed by atoms with Crippen LogP contribution in [0.25, 0.3) is 0 Å². The molecule has 2 aromatic rings. The van der Waals surface area contributed by atoms with E-state index in [0.717, 1.165) is 0 Å². The van der Waals surface area contributed by atoms with Crippen molar-refractivity contribution in [1.82, 2.24) is 30.0 Å². The number of tetrazole rings is 1. The van der Waals surface area contributed by atoms with Crippen LogP contribution in [0.2, 0.25) is 10.0 Å². The van der Waals surface area contributed by atoms with Gasteiger partial charge in [0.25, 0.3) is 0 Å². The van der Waals surface area contributed by atoms with Gasteiger partial charge in [-0.05, 0) is 28.1 Å². The molecule has 0 spiro atoms. The van der Waals surface area contributed by atoms with Gasteiger partial charge < -0.3 is 9.80 Å². The minimum atomic E-state index is -0.0754. The molecule has 8 nitrogen and oxygen atoms in total. The zero-order chi connectivity index (χ0) is 17.8. The first-order valence-electron chi connectivity index (χ1n) is 7.74. The highest BCUT2D eigenvalue weighted by atomic mass is 35.5. The summed E-state index contributed by atoms with van der Waals surface area (Å²) in [6.07, 6.45) is 1.54. The lowest BCUT2D eigenvalue weighted by Gasteiger charge is -2.34. The third-order valence-corrected chi connectivity index (χ3v) is 4.77. The van der Waals surface area contributed by atoms with Gasteiger partial charge in [-0.2, -0.15) is 0 Å². The molecule has 1 saturated heterocycles. The second kappa shape index (κ2) is 7.79. The number of nitrogens with zero attached hydrogens (tertiary/aromatic N) is 6. The number of hydrogen-bond acceptors (Lipinski definition) is 5. The van der Waals surface area contributed by atoms with E-state index in [1.165, 1.54) is 11.0 Å². The van der Waals surface area contributed by atoms with Crippen LogP contribution in [0.4, 0.5) is 0 Å². The number of carbonyl (C=O) groups excluding carboxylic acids is 2. The van der Waals surface area contributed by atoms with Crippen LogP contribution in [0.3, 0.4) is 0 Å². The van der Waals surface area contributed by atoms with E-state index < -0.39 is 0 Å². The van der Waals surface area contributed by atoms with Crippen molar-refractivity contribution in [2.24, 2.45) is 0 Å². The van der Waals surface area contributed by atoms with E-state index in [4.69, 9.17) is 23.2 Å². The minimum Gasteiger partial charge on any atom is -0.339 e. The van der Waals surface area contributed by atoms with E-state index in [9.17, 15) is 9.59 Å². The molecule has 0 radical (unpaired) electrons. The second-order valence-electron chi connectivity index (χ2n) is 5.65.